The summed E-state index contributed by atoms with van der Waals surface area (Å²) < 4.78 is 7.14. The van der Waals surface area contributed by atoms with Crippen molar-refractivity contribution in [3.63, 3.8) is 0 Å². The van der Waals surface area contributed by atoms with Gasteiger partial charge in [0.1, 0.15) is 6.10 Å². The summed E-state index contributed by atoms with van der Waals surface area (Å²) in [5, 5.41) is 32.0. The normalized spacial score (nSPS) is 29.5. The second-order valence-corrected chi connectivity index (χ2v) is 9.33. The van der Waals surface area contributed by atoms with Crippen molar-refractivity contribution in [2.24, 2.45) is 5.92 Å². The predicted octanol–water partition coefficient (Wildman–Crippen LogP) is -0.506. The minimum atomic E-state index is -1.02. The third-order valence-electron chi connectivity index (χ3n) is 6.91. The van der Waals surface area contributed by atoms with Crippen molar-refractivity contribution in [2.75, 3.05) is 44.3 Å². The number of carbonyl (C=O) groups is 1. The second kappa shape index (κ2) is 9.96. The molecule has 2 saturated heterocycles. The Hall–Kier alpha value is -2.57. The molecule has 182 valence electrons. The van der Waals surface area contributed by atoms with E-state index in [-0.39, 0.29) is 12.3 Å². The number of hydrogen-bond acceptors (Lipinski definition) is 7. The molecular weight excluding hydrogens is 456 g/mol. The number of benzene rings is 1. The van der Waals surface area contributed by atoms with Crippen molar-refractivity contribution in [3.8, 4) is 5.69 Å². The van der Waals surface area contributed by atoms with Gasteiger partial charge >= 0.3 is 0 Å². The zero-order chi connectivity index (χ0) is 23.7. The van der Waals surface area contributed by atoms with Crippen molar-refractivity contribution in [1.82, 2.24) is 25.3 Å². The predicted molar refractivity (Wildman–Crippen MR) is 130 cm³/mol. The Bertz CT molecular complexity index is 997. The van der Waals surface area contributed by atoms with E-state index < -0.39 is 30.2 Å². The summed E-state index contributed by atoms with van der Waals surface area (Å²) >= 11 is 5.61. The van der Waals surface area contributed by atoms with E-state index in [0.29, 0.717) is 24.9 Å². The highest BCUT2D eigenvalue weighted by Gasteiger charge is 2.53. The highest BCUT2D eigenvalue weighted by Crippen LogP contribution is 2.37. The highest BCUT2D eigenvalue weighted by atomic mass is 32.1. The Morgan fingerprint density at radius 2 is 1.94 bits per heavy atom. The molecule has 4 N–H and O–H groups in total. The molecule has 3 aliphatic rings. The summed E-state index contributed by atoms with van der Waals surface area (Å²) in [6.07, 6.45) is 1.72. The summed E-state index contributed by atoms with van der Waals surface area (Å²) in [6, 6.07) is 8.63. The van der Waals surface area contributed by atoms with Gasteiger partial charge in [-0.25, -0.2) is 4.68 Å². The number of ether oxygens (including phenoxy) is 1. The van der Waals surface area contributed by atoms with Crippen LogP contribution in [0.15, 0.2) is 42.7 Å². The van der Waals surface area contributed by atoms with Gasteiger partial charge in [0.2, 0.25) is 5.91 Å². The molecule has 2 aliphatic heterocycles. The largest absolute Gasteiger partial charge is 0.390 e. The molecule has 0 radical (unpaired) electrons. The number of fused-ring (bicyclic) bond motifs is 1. The Balaban J connectivity index is 1.33. The molecule has 0 bridgehead atoms. The van der Waals surface area contributed by atoms with Crippen LogP contribution in [0.25, 0.3) is 5.69 Å². The average Bonchev–Trinajstić information content (AvgIpc) is 3.50. The molecule has 34 heavy (non-hydrogen) atoms. The number of aliphatic hydroxyl groups is 2. The first-order valence-corrected chi connectivity index (χ1v) is 12.1. The number of aromatic nitrogens is 2. The number of nitrogens with one attached hydrogen (secondary N) is 2. The molecule has 5 atom stereocenters. The van der Waals surface area contributed by atoms with E-state index in [9.17, 15) is 15.0 Å². The van der Waals surface area contributed by atoms with Gasteiger partial charge in [0.15, 0.2) is 5.11 Å². The summed E-state index contributed by atoms with van der Waals surface area (Å²) in [6.45, 7) is 4.40. The van der Waals surface area contributed by atoms with Crippen LogP contribution in [0.1, 0.15) is 6.42 Å². The van der Waals surface area contributed by atoms with Crippen LogP contribution in [0.2, 0.25) is 0 Å². The highest BCUT2D eigenvalue weighted by molar-refractivity contribution is 7.80. The first-order valence-electron chi connectivity index (χ1n) is 11.7. The molecule has 1 aromatic heterocycles. The van der Waals surface area contributed by atoms with E-state index in [1.54, 1.807) is 10.9 Å². The maximum absolute atomic E-state index is 13.3. The van der Waals surface area contributed by atoms with Gasteiger partial charge in [0, 0.05) is 44.3 Å². The maximum Gasteiger partial charge on any atom is 0.225 e. The summed E-state index contributed by atoms with van der Waals surface area (Å²) in [5.41, 5.74) is 1.72. The van der Waals surface area contributed by atoms with Crippen LogP contribution in [0.5, 0.6) is 0 Å². The molecule has 3 fully saturated rings. The van der Waals surface area contributed by atoms with Crippen LogP contribution in [-0.4, -0.2) is 99.6 Å². The van der Waals surface area contributed by atoms with E-state index in [1.807, 2.05) is 41.4 Å². The molecule has 2 aromatic rings. The number of morpholine rings is 1. The van der Waals surface area contributed by atoms with Crippen LogP contribution in [-0.2, 0) is 9.53 Å². The van der Waals surface area contributed by atoms with Gasteiger partial charge in [-0.2, -0.15) is 5.10 Å². The summed E-state index contributed by atoms with van der Waals surface area (Å²) in [7, 11) is 0. The number of hydrogen-bond donors (Lipinski definition) is 4. The van der Waals surface area contributed by atoms with Crippen LogP contribution in [0, 0.1) is 5.92 Å². The number of carbonyl (C=O) groups excluding carboxylic acids is 1. The van der Waals surface area contributed by atoms with Gasteiger partial charge < -0.3 is 30.5 Å². The number of thiocarbonyl (C=S) groups is 1. The molecule has 0 spiro atoms. The van der Waals surface area contributed by atoms with Gasteiger partial charge in [-0.05, 0) is 49.0 Å². The van der Waals surface area contributed by atoms with Crippen LogP contribution in [0.3, 0.4) is 0 Å². The van der Waals surface area contributed by atoms with E-state index in [0.717, 1.165) is 31.0 Å². The monoisotopic (exact) mass is 486 g/mol. The van der Waals surface area contributed by atoms with E-state index in [4.69, 9.17) is 17.0 Å². The number of anilines is 1. The van der Waals surface area contributed by atoms with Gasteiger partial charge in [-0.1, -0.05) is 0 Å². The van der Waals surface area contributed by atoms with Crippen molar-refractivity contribution in [1.29, 1.82) is 0 Å². The Labute approximate surface area is 203 Å². The molecule has 1 aromatic carbocycles. The minimum Gasteiger partial charge on any atom is -0.390 e. The number of rotatable bonds is 6. The van der Waals surface area contributed by atoms with Crippen molar-refractivity contribution >= 4 is 28.9 Å². The standard InChI is InChI=1S/C23H30N6O4S/c30-18-14-17(22(32)24-7-9-27-10-12-33-13-11-27)20-19(21(18)31)26-23(34)29(20)16-4-2-15(3-5-16)28-8-1-6-25-28/h1-6,8,17-21,30-31H,7,9-14H2,(H,24,32)(H,26,34)/t17-,18-,19-,20-,21+/m1/s1. The number of aliphatic hydroxyl groups excluding tert-OH is 2. The molecule has 3 heterocycles. The smallest absolute Gasteiger partial charge is 0.225 e. The topological polar surface area (TPSA) is 115 Å². The van der Waals surface area contributed by atoms with Gasteiger partial charge in [0.25, 0.3) is 0 Å². The molecule has 10 nitrogen and oxygen atoms in total. The maximum atomic E-state index is 13.3. The first kappa shape index (κ1) is 23.2. The van der Waals surface area contributed by atoms with Gasteiger partial charge in [-0.15, -0.1) is 0 Å². The fourth-order valence-corrected chi connectivity index (χ4v) is 5.48. The van der Waals surface area contributed by atoms with E-state index in [2.05, 4.69) is 20.6 Å². The van der Waals surface area contributed by atoms with Gasteiger partial charge in [0.05, 0.1) is 43.0 Å². The molecular formula is C23H30N6O4S. The Kier molecular flexibility index (Phi) is 6.79. The zero-order valence-corrected chi connectivity index (χ0v) is 19.6. The van der Waals surface area contributed by atoms with Crippen molar-refractivity contribution in [3.05, 3.63) is 42.7 Å². The molecule has 11 heteroatoms. The quantitative estimate of drug-likeness (QED) is 0.401. The van der Waals surface area contributed by atoms with Crippen molar-refractivity contribution in [2.45, 2.75) is 30.7 Å². The van der Waals surface area contributed by atoms with Crippen LogP contribution >= 0.6 is 12.2 Å². The lowest BCUT2D eigenvalue weighted by molar-refractivity contribution is -0.131. The lowest BCUT2D eigenvalue weighted by atomic mass is 9.77. The van der Waals surface area contributed by atoms with Crippen LogP contribution < -0.4 is 15.5 Å². The first-order chi connectivity index (χ1) is 16.5. The number of nitrogens with zero attached hydrogens (tertiary/aromatic N) is 4. The number of amides is 1. The third-order valence-corrected chi connectivity index (χ3v) is 7.22. The van der Waals surface area contributed by atoms with E-state index in [1.165, 1.54) is 0 Å². The molecule has 1 amide bonds. The molecule has 5 rings (SSSR count). The zero-order valence-electron chi connectivity index (χ0n) is 18.8. The molecule has 1 saturated carbocycles. The minimum absolute atomic E-state index is 0.140. The summed E-state index contributed by atoms with van der Waals surface area (Å²) in [4.78, 5) is 17.4. The van der Waals surface area contributed by atoms with E-state index >= 15 is 0 Å². The lowest BCUT2D eigenvalue weighted by Crippen LogP contribution is -2.61. The molecule has 0 unspecified atom stereocenters. The fraction of sp³-hybridized carbons (Fsp3) is 0.522. The average molecular weight is 487 g/mol. The fourth-order valence-electron chi connectivity index (χ4n) is 5.12. The SMILES string of the molecule is O=C(NCCN1CCOCC1)[C@@H]1C[C@@H](O)[C@H](O)[C@@H]2NC(=S)N(c3ccc(-n4cccn4)cc3)[C@@H]21. The molecule has 1 aliphatic carbocycles. The lowest BCUT2D eigenvalue weighted by Gasteiger charge is -2.41. The second-order valence-electron chi connectivity index (χ2n) is 8.95. The summed E-state index contributed by atoms with van der Waals surface area (Å²) in [5.74, 6) is -0.675. The van der Waals surface area contributed by atoms with Gasteiger partial charge in [-0.3, -0.25) is 9.69 Å². The van der Waals surface area contributed by atoms with Crippen LogP contribution in [0.4, 0.5) is 5.69 Å². The van der Waals surface area contributed by atoms with Crippen molar-refractivity contribution < 1.29 is 19.7 Å². The Morgan fingerprint density at radius 1 is 1.21 bits per heavy atom. The third kappa shape index (κ3) is 4.53. The Morgan fingerprint density at radius 3 is 2.65 bits per heavy atom.